The molecule has 0 spiro atoms. The first-order valence-corrected chi connectivity index (χ1v) is 9.04. The van der Waals surface area contributed by atoms with E-state index in [1.54, 1.807) is 6.07 Å². The minimum atomic E-state index is -0.446. The maximum absolute atomic E-state index is 12.0. The molecule has 0 aliphatic carbocycles. The lowest BCUT2D eigenvalue weighted by Crippen LogP contribution is -2.50. The summed E-state index contributed by atoms with van der Waals surface area (Å²) in [6.45, 7) is 2.75. The maximum atomic E-state index is 12.0. The standard InChI is InChI=1S/C18H19BrN4O3/c19-15-12-14(23(25)26)6-7-16(15)21-8-10-22(11-9-21)17(18(20)24)13-4-2-1-3-5-13/h1-7,12,17H,8-11H2,(H2,20,24). The number of rotatable bonds is 5. The zero-order chi connectivity index (χ0) is 18.7. The van der Waals surface area contributed by atoms with Crippen LogP contribution in [0.5, 0.6) is 0 Å². The normalized spacial score (nSPS) is 16.3. The van der Waals surface area contributed by atoms with Gasteiger partial charge in [0.05, 0.1) is 10.6 Å². The van der Waals surface area contributed by atoms with Crippen LogP contribution in [0.2, 0.25) is 0 Å². The van der Waals surface area contributed by atoms with Crippen LogP contribution in [0.3, 0.4) is 0 Å². The third kappa shape index (κ3) is 3.86. The van der Waals surface area contributed by atoms with Gasteiger partial charge in [0.15, 0.2) is 0 Å². The first-order chi connectivity index (χ1) is 12.5. The highest BCUT2D eigenvalue weighted by Crippen LogP contribution is 2.32. The second-order valence-electron chi connectivity index (χ2n) is 6.13. The van der Waals surface area contributed by atoms with Gasteiger partial charge in [0.1, 0.15) is 6.04 Å². The molecular weight excluding hydrogens is 400 g/mol. The van der Waals surface area contributed by atoms with E-state index in [9.17, 15) is 14.9 Å². The highest BCUT2D eigenvalue weighted by atomic mass is 79.9. The topological polar surface area (TPSA) is 92.7 Å². The van der Waals surface area contributed by atoms with E-state index in [0.717, 1.165) is 11.3 Å². The lowest BCUT2D eigenvalue weighted by atomic mass is 10.0. The Labute approximate surface area is 159 Å². The molecule has 0 bridgehead atoms. The summed E-state index contributed by atoms with van der Waals surface area (Å²) < 4.78 is 0.690. The number of non-ortho nitro benzene ring substituents is 1. The minimum Gasteiger partial charge on any atom is -0.368 e. The summed E-state index contributed by atoms with van der Waals surface area (Å²) in [6, 6.07) is 13.8. The van der Waals surface area contributed by atoms with Gasteiger partial charge in [-0.25, -0.2) is 0 Å². The summed E-state index contributed by atoms with van der Waals surface area (Å²) in [4.78, 5) is 26.7. The van der Waals surface area contributed by atoms with E-state index in [1.165, 1.54) is 12.1 Å². The number of primary amides is 1. The average Bonchev–Trinajstić information content (AvgIpc) is 2.63. The number of hydrogen-bond acceptors (Lipinski definition) is 5. The number of nitro groups is 1. The number of nitrogens with two attached hydrogens (primary N) is 1. The molecule has 1 saturated heterocycles. The molecule has 1 aliphatic rings. The molecule has 136 valence electrons. The highest BCUT2D eigenvalue weighted by Gasteiger charge is 2.29. The number of carbonyl (C=O) groups excluding carboxylic acids is 1. The number of piperazine rings is 1. The third-order valence-corrected chi connectivity index (χ3v) is 5.18. The third-order valence-electron chi connectivity index (χ3n) is 4.55. The molecule has 1 unspecified atom stereocenters. The van der Waals surface area contributed by atoms with Gasteiger partial charge in [-0.1, -0.05) is 30.3 Å². The second-order valence-corrected chi connectivity index (χ2v) is 6.99. The van der Waals surface area contributed by atoms with Crippen LogP contribution in [-0.2, 0) is 4.79 Å². The largest absolute Gasteiger partial charge is 0.368 e. The van der Waals surface area contributed by atoms with Gasteiger partial charge in [0, 0.05) is 42.8 Å². The van der Waals surface area contributed by atoms with Gasteiger partial charge in [0.2, 0.25) is 5.91 Å². The monoisotopic (exact) mass is 418 g/mol. The smallest absolute Gasteiger partial charge is 0.270 e. The number of carbonyl (C=O) groups is 1. The van der Waals surface area contributed by atoms with Crippen LogP contribution < -0.4 is 10.6 Å². The Morgan fingerprint density at radius 1 is 1.12 bits per heavy atom. The molecule has 7 nitrogen and oxygen atoms in total. The molecule has 1 fully saturated rings. The number of nitrogens with zero attached hydrogens (tertiary/aromatic N) is 3. The quantitative estimate of drug-likeness (QED) is 0.594. The number of benzene rings is 2. The van der Waals surface area contributed by atoms with Gasteiger partial charge in [-0.15, -0.1) is 0 Å². The van der Waals surface area contributed by atoms with Crippen molar-refractivity contribution in [1.29, 1.82) is 0 Å². The summed E-state index contributed by atoms with van der Waals surface area (Å²) in [7, 11) is 0. The van der Waals surface area contributed by atoms with Gasteiger partial charge in [0.25, 0.3) is 5.69 Å². The predicted octanol–water partition coefficient (Wildman–Crippen LogP) is 2.71. The molecule has 0 saturated carbocycles. The Morgan fingerprint density at radius 2 is 1.77 bits per heavy atom. The van der Waals surface area contributed by atoms with Crippen molar-refractivity contribution >= 4 is 33.2 Å². The molecule has 0 radical (unpaired) electrons. The van der Waals surface area contributed by atoms with E-state index in [1.807, 2.05) is 30.3 Å². The lowest BCUT2D eigenvalue weighted by Gasteiger charge is -2.39. The van der Waals surface area contributed by atoms with Crippen LogP contribution in [0.1, 0.15) is 11.6 Å². The van der Waals surface area contributed by atoms with E-state index in [4.69, 9.17) is 5.73 Å². The number of amides is 1. The Bertz CT molecular complexity index is 807. The number of hydrogen-bond donors (Lipinski definition) is 1. The fraction of sp³-hybridized carbons (Fsp3) is 0.278. The molecule has 1 aliphatic heterocycles. The van der Waals surface area contributed by atoms with Crippen molar-refractivity contribution < 1.29 is 9.72 Å². The van der Waals surface area contributed by atoms with Crippen molar-refractivity contribution in [3.63, 3.8) is 0 Å². The lowest BCUT2D eigenvalue weighted by molar-refractivity contribution is -0.384. The van der Waals surface area contributed by atoms with E-state index in [0.29, 0.717) is 30.7 Å². The molecule has 1 heterocycles. The number of anilines is 1. The van der Waals surface area contributed by atoms with E-state index in [-0.39, 0.29) is 11.6 Å². The van der Waals surface area contributed by atoms with Crippen LogP contribution in [-0.4, -0.2) is 41.9 Å². The molecule has 2 aromatic carbocycles. The predicted molar refractivity (Wildman–Crippen MR) is 103 cm³/mol. The van der Waals surface area contributed by atoms with E-state index >= 15 is 0 Å². The number of halogens is 1. The van der Waals surface area contributed by atoms with Crippen LogP contribution in [0, 0.1) is 10.1 Å². The zero-order valence-corrected chi connectivity index (χ0v) is 15.6. The summed E-state index contributed by atoms with van der Waals surface area (Å²) in [5.74, 6) is -0.360. The summed E-state index contributed by atoms with van der Waals surface area (Å²) in [5, 5.41) is 10.9. The maximum Gasteiger partial charge on any atom is 0.270 e. The van der Waals surface area contributed by atoms with Gasteiger partial charge in [-0.3, -0.25) is 19.8 Å². The molecule has 2 N–H and O–H groups in total. The average molecular weight is 419 g/mol. The number of nitro benzene ring substituents is 1. The minimum absolute atomic E-state index is 0.0529. The molecule has 3 rings (SSSR count). The molecule has 1 atom stereocenters. The fourth-order valence-electron chi connectivity index (χ4n) is 3.28. The van der Waals surface area contributed by atoms with Crippen LogP contribution in [0.25, 0.3) is 0 Å². The van der Waals surface area contributed by atoms with E-state index in [2.05, 4.69) is 25.7 Å². The van der Waals surface area contributed by atoms with Gasteiger partial charge >= 0.3 is 0 Å². The summed E-state index contributed by atoms with van der Waals surface area (Å²) >= 11 is 3.42. The zero-order valence-electron chi connectivity index (χ0n) is 14.0. The van der Waals surface area contributed by atoms with Crippen molar-refractivity contribution in [3.05, 3.63) is 68.7 Å². The molecular formula is C18H19BrN4O3. The first kappa shape index (κ1) is 18.3. The van der Waals surface area contributed by atoms with Crippen molar-refractivity contribution in [2.75, 3.05) is 31.1 Å². The van der Waals surface area contributed by atoms with Crippen LogP contribution in [0.4, 0.5) is 11.4 Å². The van der Waals surface area contributed by atoms with Gasteiger partial charge in [-0.2, -0.15) is 0 Å². The van der Waals surface area contributed by atoms with Gasteiger partial charge in [-0.05, 0) is 27.6 Å². The van der Waals surface area contributed by atoms with Crippen LogP contribution in [0.15, 0.2) is 53.0 Å². The highest BCUT2D eigenvalue weighted by molar-refractivity contribution is 9.10. The first-order valence-electron chi connectivity index (χ1n) is 8.24. The summed E-state index contributed by atoms with van der Waals surface area (Å²) in [6.07, 6.45) is 0. The Kier molecular flexibility index (Phi) is 5.53. The van der Waals surface area contributed by atoms with Crippen molar-refractivity contribution in [1.82, 2.24) is 4.90 Å². The molecule has 1 amide bonds. The SMILES string of the molecule is NC(=O)C(c1ccccc1)N1CCN(c2ccc([N+](=O)[O-])cc2Br)CC1. The molecule has 2 aromatic rings. The Morgan fingerprint density at radius 3 is 2.31 bits per heavy atom. The molecule has 0 aromatic heterocycles. The molecule has 26 heavy (non-hydrogen) atoms. The van der Waals surface area contributed by atoms with Crippen molar-refractivity contribution in [2.24, 2.45) is 5.73 Å². The van der Waals surface area contributed by atoms with Gasteiger partial charge < -0.3 is 10.6 Å². The Hall–Kier alpha value is -2.45. The van der Waals surface area contributed by atoms with Crippen molar-refractivity contribution in [3.8, 4) is 0 Å². The fourth-order valence-corrected chi connectivity index (χ4v) is 3.89. The van der Waals surface area contributed by atoms with Crippen molar-refractivity contribution in [2.45, 2.75) is 6.04 Å². The Balaban J connectivity index is 1.72. The second kappa shape index (κ2) is 7.84. The molecule has 8 heteroatoms. The van der Waals surface area contributed by atoms with E-state index < -0.39 is 11.0 Å². The summed E-state index contributed by atoms with van der Waals surface area (Å²) in [5.41, 5.74) is 7.50. The van der Waals surface area contributed by atoms with Crippen LogP contribution >= 0.6 is 15.9 Å².